The third-order valence-corrected chi connectivity index (χ3v) is 5.88. The number of carbonyl (C=O) groups excluding carboxylic acids is 2. The highest BCUT2D eigenvalue weighted by Crippen LogP contribution is 2.19. The maximum absolute atomic E-state index is 12.7. The van der Waals surface area contributed by atoms with Crippen LogP contribution in [0, 0.1) is 13.8 Å². The molecule has 0 fully saturated rings. The molecule has 7 heteroatoms. The van der Waals surface area contributed by atoms with Crippen LogP contribution in [0.25, 0.3) is 0 Å². The van der Waals surface area contributed by atoms with Crippen molar-refractivity contribution >= 4 is 28.8 Å². The highest BCUT2D eigenvalue weighted by molar-refractivity contribution is 7.09. The number of aliphatic hydroxyl groups excluding tert-OH is 1. The number of para-hydroxylation sites is 1. The van der Waals surface area contributed by atoms with Gasteiger partial charge in [0.25, 0.3) is 0 Å². The third-order valence-electron chi connectivity index (χ3n) is 4.94. The monoisotopic (exact) mass is 426 g/mol. The van der Waals surface area contributed by atoms with Crippen molar-refractivity contribution in [3.63, 3.8) is 0 Å². The molecule has 0 atom stereocenters. The van der Waals surface area contributed by atoms with Gasteiger partial charge in [-0.2, -0.15) is 0 Å². The minimum absolute atomic E-state index is 0.0516. The number of rotatable bonds is 10. The molecule has 3 rings (SSSR count). The average Bonchev–Trinajstić information content (AvgIpc) is 3.37. The first-order valence-corrected chi connectivity index (χ1v) is 10.7. The molecule has 2 aromatic heterocycles. The van der Waals surface area contributed by atoms with Crippen LogP contribution in [0.2, 0.25) is 0 Å². The van der Waals surface area contributed by atoms with Crippen LogP contribution in [0.1, 0.15) is 37.0 Å². The Balaban J connectivity index is 1.64. The van der Waals surface area contributed by atoms with E-state index in [2.05, 4.69) is 21.3 Å². The Bertz CT molecular complexity index is 1010. The van der Waals surface area contributed by atoms with Crippen LogP contribution in [0.4, 0.5) is 5.69 Å². The first kappa shape index (κ1) is 21.8. The summed E-state index contributed by atoms with van der Waals surface area (Å²) in [5, 5.41) is 14.0. The molecule has 0 saturated carbocycles. The summed E-state index contributed by atoms with van der Waals surface area (Å²) in [4.78, 5) is 26.5. The van der Waals surface area contributed by atoms with Crippen LogP contribution in [-0.2, 0) is 17.7 Å². The Morgan fingerprint density at radius 1 is 1.13 bits per heavy atom. The van der Waals surface area contributed by atoms with E-state index in [1.807, 2.05) is 26.0 Å². The number of carbonyl (C=O) groups is 2. The number of anilines is 1. The SMILES string of the molecule is Cc1cc(C(=O)COC(=O)c2ccccc2NCCO)c(C)n1CCc1cccs1. The predicted octanol–water partition coefficient (Wildman–Crippen LogP) is 3.85. The molecule has 0 aliphatic heterocycles. The Labute approximate surface area is 180 Å². The predicted molar refractivity (Wildman–Crippen MR) is 119 cm³/mol. The van der Waals surface area contributed by atoms with E-state index in [4.69, 9.17) is 9.84 Å². The van der Waals surface area contributed by atoms with E-state index in [1.165, 1.54) is 4.88 Å². The molecule has 0 spiro atoms. The maximum Gasteiger partial charge on any atom is 0.340 e. The number of esters is 1. The van der Waals surface area contributed by atoms with Gasteiger partial charge in [-0.3, -0.25) is 4.79 Å². The fourth-order valence-corrected chi connectivity index (χ4v) is 4.09. The second kappa shape index (κ2) is 10.2. The van der Waals surface area contributed by atoms with Crippen molar-refractivity contribution in [2.75, 3.05) is 25.1 Å². The van der Waals surface area contributed by atoms with Crippen LogP contribution >= 0.6 is 11.3 Å². The maximum atomic E-state index is 12.7. The van der Waals surface area contributed by atoms with Crippen molar-refractivity contribution in [2.24, 2.45) is 0 Å². The number of ether oxygens (including phenoxy) is 1. The molecular weight excluding hydrogens is 400 g/mol. The van der Waals surface area contributed by atoms with Gasteiger partial charge in [0, 0.05) is 40.6 Å². The number of aliphatic hydroxyl groups is 1. The molecule has 0 aliphatic carbocycles. The minimum atomic E-state index is -0.573. The lowest BCUT2D eigenvalue weighted by atomic mass is 10.1. The van der Waals surface area contributed by atoms with E-state index in [1.54, 1.807) is 35.6 Å². The normalized spacial score (nSPS) is 10.8. The van der Waals surface area contributed by atoms with Crippen molar-refractivity contribution in [3.8, 4) is 0 Å². The summed E-state index contributed by atoms with van der Waals surface area (Å²) in [6.45, 7) is 4.65. The lowest BCUT2D eigenvalue weighted by Crippen LogP contribution is -2.17. The van der Waals surface area contributed by atoms with E-state index in [9.17, 15) is 9.59 Å². The molecule has 2 heterocycles. The van der Waals surface area contributed by atoms with Crippen LogP contribution in [0.5, 0.6) is 0 Å². The van der Waals surface area contributed by atoms with Gasteiger partial charge in [0.2, 0.25) is 5.78 Å². The van der Waals surface area contributed by atoms with Crippen LogP contribution in [0.15, 0.2) is 47.8 Å². The average molecular weight is 427 g/mol. The van der Waals surface area contributed by atoms with E-state index in [0.29, 0.717) is 23.4 Å². The third kappa shape index (κ3) is 5.17. The van der Waals surface area contributed by atoms with Crippen LogP contribution in [0.3, 0.4) is 0 Å². The number of aryl methyl sites for hydroxylation is 2. The minimum Gasteiger partial charge on any atom is -0.454 e. The van der Waals surface area contributed by atoms with Gasteiger partial charge in [0.05, 0.1) is 12.2 Å². The summed E-state index contributed by atoms with van der Waals surface area (Å²) in [7, 11) is 0. The number of aromatic nitrogens is 1. The van der Waals surface area contributed by atoms with Crippen molar-refractivity contribution in [1.82, 2.24) is 4.57 Å². The number of hydrogen-bond acceptors (Lipinski definition) is 6. The molecule has 6 nitrogen and oxygen atoms in total. The topological polar surface area (TPSA) is 80.6 Å². The summed E-state index contributed by atoms with van der Waals surface area (Å²) in [6.07, 6.45) is 0.911. The molecule has 3 aromatic rings. The standard InChI is InChI=1S/C23H26N2O4S/c1-16-14-20(17(2)25(16)11-9-18-6-5-13-30-18)22(27)15-29-23(28)19-7-3-4-8-21(19)24-10-12-26/h3-8,13-14,24,26H,9-12,15H2,1-2H3. The fraction of sp³-hybridized carbons (Fsp3) is 0.304. The second-order valence-corrected chi connectivity index (χ2v) is 7.99. The molecule has 0 bridgehead atoms. The van der Waals surface area contributed by atoms with Crippen molar-refractivity contribution in [1.29, 1.82) is 0 Å². The Morgan fingerprint density at radius 3 is 2.67 bits per heavy atom. The Hall–Kier alpha value is -2.90. The molecule has 0 unspecified atom stereocenters. The van der Waals surface area contributed by atoms with Crippen molar-refractivity contribution in [3.05, 3.63) is 75.2 Å². The van der Waals surface area contributed by atoms with Gasteiger partial charge in [-0.25, -0.2) is 4.79 Å². The summed E-state index contributed by atoms with van der Waals surface area (Å²) in [5.41, 5.74) is 3.38. The van der Waals surface area contributed by atoms with Gasteiger partial charge >= 0.3 is 5.97 Å². The number of benzene rings is 1. The molecule has 0 saturated heterocycles. The highest BCUT2D eigenvalue weighted by atomic mass is 32.1. The highest BCUT2D eigenvalue weighted by Gasteiger charge is 2.19. The number of nitrogens with zero attached hydrogens (tertiary/aromatic N) is 1. The Morgan fingerprint density at radius 2 is 1.93 bits per heavy atom. The van der Waals surface area contributed by atoms with Crippen molar-refractivity contribution in [2.45, 2.75) is 26.8 Å². The smallest absolute Gasteiger partial charge is 0.340 e. The Kier molecular flexibility index (Phi) is 7.43. The molecule has 158 valence electrons. The molecule has 0 radical (unpaired) electrons. The van der Waals surface area contributed by atoms with E-state index < -0.39 is 5.97 Å². The van der Waals surface area contributed by atoms with Gasteiger partial charge in [-0.1, -0.05) is 18.2 Å². The number of hydrogen-bond donors (Lipinski definition) is 2. The molecule has 0 aliphatic rings. The molecule has 2 N–H and O–H groups in total. The quantitative estimate of drug-likeness (QED) is 0.380. The lowest BCUT2D eigenvalue weighted by Gasteiger charge is -2.11. The number of nitrogens with one attached hydrogen (secondary N) is 1. The lowest BCUT2D eigenvalue weighted by molar-refractivity contribution is 0.0475. The molecule has 1 aromatic carbocycles. The van der Waals surface area contributed by atoms with Crippen molar-refractivity contribution < 1.29 is 19.4 Å². The zero-order valence-electron chi connectivity index (χ0n) is 17.2. The summed E-state index contributed by atoms with van der Waals surface area (Å²) in [6, 6.07) is 12.9. The second-order valence-electron chi connectivity index (χ2n) is 6.96. The zero-order valence-corrected chi connectivity index (χ0v) is 18.0. The molecular formula is C23H26N2O4S. The first-order valence-electron chi connectivity index (χ1n) is 9.84. The van der Waals surface area contributed by atoms with Crippen LogP contribution in [-0.4, -0.2) is 41.2 Å². The molecule has 30 heavy (non-hydrogen) atoms. The summed E-state index contributed by atoms with van der Waals surface area (Å²) >= 11 is 1.73. The largest absolute Gasteiger partial charge is 0.454 e. The van der Waals surface area contributed by atoms with Gasteiger partial charge in [-0.05, 0) is 49.9 Å². The number of Topliss-reactive ketones (excluding diaryl/α,β-unsaturated/α-hetero) is 1. The zero-order chi connectivity index (χ0) is 21.5. The summed E-state index contributed by atoms with van der Waals surface area (Å²) < 4.78 is 7.42. The van der Waals surface area contributed by atoms with Gasteiger partial charge < -0.3 is 19.7 Å². The molecule has 0 amide bonds. The van der Waals surface area contributed by atoms with Gasteiger partial charge in [0.1, 0.15) is 0 Å². The van der Waals surface area contributed by atoms with E-state index in [-0.39, 0.29) is 19.0 Å². The van der Waals surface area contributed by atoms with E-state index >= 15 is 0 Å². The first-order chi connectivity index (χ1) is 14.5. The van der Waals surface area contributed by atoms with Crippen LogP contribution < -0.4 is 5.32 Å². The fourth-order valence-electron chi connectivity index (χ4n) is 3.40. The van der Waals surface area contributed by atoms with Gasteiger partial charge in [0.15, 0.2) is 6.61 Å². The number of thiophene rings is 1. The van der Waals surface area contributed by atoms with Gasteiger partial charge in [-0.15, -0.1) is 11.3 Å². The summed E-state index contributed by atoms with van der Waals surface area (Å²) in [5.74, 6) is -0.796. The van der Waals surface area contributed by atoms with E-state index in [0.717, 1.165) is 24.4 Å². The number of ketones is 1.